The fraction of sp³-hybridized carbons (Fsp3) is 1.00. The smallest absolute Gasteiger partial charge is 0.334 e. The van der Waals surface area contributed by atoms with Crippen molar-refractivity contribution in [2.45, 2.75) is 65.7 Å². The number of hydrogen-bond acceptors (Lipinski definition) is 6. The minimum absolute atomic E-state index is 0.759. The summed E-state index contributed by atoms with van der Waals surface area (Å²) in [5.74, 6) is 1.84. The lowest BCUT2D eigenvalue weighted by atomic mass is 10.6. The van der Waals surface area contributed by atoms with Crippen LogP contribution in [0.1, 0.15) is 40.5 Å². The molecule has 0 radical (unpaired) electrons. The monoisotopic (exact) mass is 416 g/mol. The van der Waals surface area contributed by atoms with E-state index in [4.69, 9.17) is 17.7 Å². The molecule has 0 fully saturated rings. The largest absolute Gasteiger partial charge is 0.395 e. The van der Waals surface area contributed by atoms with E-state index in [2.05, 4.69) is 38.4 Å². The summed E-state index contributed by atoms with van der Waals surface area (Å²) in [4.78, 5) is 0. The van der Waals surface area contributed by atoms with Crippen LogP contribution in [0.5, 0.6) is 0 Å². The molecule has 0 aliphatic rings. The summed E-state index contributed by atoms with van der Waals surface area (Å²) in [6.45, 7) is 15.4. The van der Waals surface area contributed by atoms with Crippen molar-refractivity contribution in [3.05, 3.63) is 0 Å². The van der Waals surface area contributed by atoms with E-state index in [1.807, 2.05) is 27.7 Å². The normalized spacial score (nSPS) is 12.0. The summed E-state index contributed by atoms with van der Waals surface area (Å²) in [7, 11) is -3.64. The molecule has 0 atom stereocenters. The minimum atomic E-state index is -1.82. The molecule has 0 aliphatic heterocycles. The Labute approximate surface area is 163 Å². The molecule has 0 unspecified atom stereocenters. The third-order valence-corrected chi connectivity index (χ3v) is 10.1. The van der Waals surface area contributed by atoms with Crippen molar-refractivity contribution >= 4 is 42.4 Å². The van der Waals surface area contributed by atoms with E-state index in [9.17, 15) is 0 Å². The van der Waals surface area contributed by atoms with Gasteiger partial charge in [0.05, 0.1) is 0 Å². The van der Waals surface area contributed by atoms with E-state index < -0.39 is 17.1 Å². The Balaban J connectivity index is 0. The molecule has 0 aromatic carbocycles. The number of thiol groups is 2. The van der Waals surface area contributed by atoms with Gasteiger partial charge in [-0.2, -0.15) is 25.3 Å². The maximum atomic E-state index is 5.65. The van der Waals surface area contributed by atoms with Gasteiger partial charge in [-0.15, -0.1) is 0 Å². The molecular formula is C16H40O4S2Si2. The molecule has 0 saturated carbocycles. The van der Waals surface area contributed by atoms with Crippen molar-refractivity contribution in [1.29, 1.82) is 0 Å². The van der Waals surface area contributed by atoms with Crippen LogP contribution < -0.4 is 0 Å². The molecule has 0 bridgehead atoms. The van der Waals surface area contributed by atoms with Crippen LogP contribution in [0.2, 0.25) is 25.2 Å². The standard InChI is InChI=1S/2C8H20O2SSi/c2*1-4-9-12(3,10-5-2)8-6-7-11/h2*11H,4-8H2,1-3H3. The number of hydrogen-bond donors (Lipinski definition) is 2. The molecule has 0 heterocycles. The van der Waals surface area contributed by atoms with E-state index in [1.54, 1.807) is 0 Å². The molecule has 0 amide bonds. The molecule has 148 valence electrons. The second-order valence-corrected chi connectivity index (χ2v) is 13.2. The molecule has 8 heteroatoms. The second-order valence-electron chi connectivity index (χ2n) is 5.65. The zero-order chi connectivity index (χ0) is 18.9. The highest BCUT2D eigenvalue weighted by Crippen LogP contribution is 2.16. The van der Waals surface area contributed by atoms with E-state index in [0.29, 0.717) is 0 Å². The van der Waals surface area contributed by atoms with Crippen LogP contribution in [0.15, 0.2) is 0 Å². The van der Waals surface area contributed by atoms with Gasteiger partial charge in [0.15, 0.2) is 0 Å². The lowest BCUT2D eigenvalue weighted by molar-refractivity contribution is 0.188. The topological polar surface area (TPSA) is 36.9 Å². The van der Waals surface area contributed by atoms with Gasteiger partial charge in [0, 0.05) is 26.4 Å². The molecule has 0 saturated heterocycles. The summed E-state index contributed by atoms with van der Waals surface area (Å²) in [5.41, 5.74) is 0. The van der Waals surface area contributed by atoms with Crippen LogP contribution in [0.4, 0.5) is 0 Å². The van der Waals surface area contributed by atoms with Gasteiger partial charge >= 0.3 is 17.1 Å². The van der Waals surface area contributed by atoms with Gasteiger partial charge in [0.1, 0.15) is 0 Å². The lowest BCUT2D eigenvalue weighted by Crippen LogP contribution is -2.38. The Bertz CT molecular complexity index is 236. The fourth-order valence-corrected chi connectivity index (χ4v) is 8.13. The Morgan fingerprint density at radius 2 is 0.833 bits per heavy atom. The van der Waals surface area contributed by atoms with Crippen molar-refractivity contribution in [3.8, 4) is 0 Å². The van der Waals surface area contributed by atoms with Crippen molar-refractivity contribution in [3.63, 3.8) is 0 Å². The van der Waals surface area contributed by atoms with Gasteiger partial charge in [-0.1, -0.05) is 0 Å². The molecule has 0 rings (SSSR count). The highest BCUT2D eigenvalue weighted by atomic mass is 32.1. The summed E-state index contributed by atoms with van der Waals surface area (Å²) in [6, 6.07) is 2.11. The lowest BCUT2D eigenvalue weighted by Gasteiger charge is -2.25. The minimum Gasteiger partial charge on any atom is -0.395 e. The first kappa shape index (κ1) is 27.2. The van der Waals surface area contributed by atoms with Gasteiger partial charge in [-0.25, -0.2) is 0 Å². The molecule has 24 heavy (non-hydrogen) atoms. The Kier molecular flexibility index (Phi) is 19.7. The van der Waals surface area contributed by atoms with E-state index >= 15 is 0 Å². The van der Waals surface area contributed by atoms with Crippen molar-refractivity contribution in [2.24, 2.45) is 0 Å². The number of rotatable bonds is 14. The molecule has 0 aliphatic carbocycles. The Morgan fingerprint density at radius 3 is 1.00 bits per heavy atom. The maximum absolute atomic E-state index is 5.65. The van der Waals surface area contributed by atoms with Crippen LogP contribution in [0.25, 0.3) is 0 Å². The van der Waals surface area contributed by atoms with Crippen LogP contribution in [-0.4, -0.2) is 55.1 Å². The fourth-order valence-electron chi connectivity index (χ4n) is 2.39. The molecule has 0 aromatic rings. The molecule has 4 nitrogen and oxygen atoms in total. The van der Waals surface area contributed by atoms with E-state index in [1.165, 1.54) is 0 Å². The van der Waals surface area contributed by atoms with Crippen molar-refractivity contribution < 1.29 is 17.7 Å². The molecular weight excluding hydrogens is 376 g/mol. The summed E-state index contributed by atoms with van der Waals surface area (Å²) in [5, 5.41) is 0. The van der Waals surface area contributed by atoms with Gasteiger partial charge in [0.25, 0.3) is 0 Å². The zero-order valence-electron chi connectivity index (χ0n) is 16.6. The van der Waals surface area contributed by atoms with Crippen LogP contribution >= 0.6 is 25.3 Å². The first-order valence-corrected chi connectivity index (χ1v) is 15.5. The van der Waals surface area contributed by atoms with Gasteiger partial charge in [-0.3, -0.25) is 0 Å². The molecule has 0 spiro atoms. The van der Waals surface area contributed by atoms with Crippen molar-refractivity contribution in [2.75, 3.05) is 37.9 Å². The average Bonchev–Trinajstić information content (AvgIpc) is 2.53. The predicted octanol–water partition coefficient (Wildman–Crippen LogP) is 4.90. The first-order chi connectivity index (χ1) is 11.4. The Hall–Kier alpha value is 0.974. The van der Waals surface area contributed by atoms with Crippen LogP contribution in [0.3, 0.4) is 0 Å². The van der Waals surface area contributed by atoms with Gasteiger partial charge in [0.2, 0.25) is 0 Å². The first-order valence-electron chi connectivity index (χ1n) is 9.14. The predicted molar refractivity (Wildman–Crippen MR) is 116 cm³/mol. The van der Waals surface area contributed by atoms with E-state index in [-0.39, 0.29) is 0 Å². The summed E-state index contributed by atoms with van der Waals surface area (Å²) in [6.07, 6.45) is 2.18. The zero-order valence-corrected chi connectivity index (χ0v) is 20.4. The van der Waals surface area contributed by atoms with E-state index in [0.717, 1.165) is 62.9 Å². The SMILES string of the molecule is CCO[Si](C)(CCCS)OCC.CCO[Si](C)(CCCS)OCC. The highest BCUT2D eigenvalue weighted by Gasteiger charge is 2.30. The third kappa shape index (κ3) is 15.2. The third-order valence-electron chi connectivity index (χ3n) is 3.38. The van der Waals surface area contributed by atoms with Gasteiger partial charge < -0.3 is 17.7 Å². The highest BCUT2D eigenvalue weighted by molar-refractivity contribution is 7.80. The van der Waals surface area contributed by atoms with Crippen molar-refractivity contribution in [1.82, 2.24) is 0 Å². The maximum Gasteiger partial charge on any atom is 0.334 e. The second kappa shape index (κ2) is 17.4. The summed E-state index contributed by atoms with van der Waals surface area (Å²) >= 11 is 8.36. The molecule has 0 N–H and O–H groups in total. The average molecular weight is 417 g/mol. The van der Waals surface area contributed by atoms with Crippen LogP contribution in [0, 0.1) is 0 Å². The summed E-state index contributed by atoms with van der Waals surface area (Å²) < 4.78 is 22.6. The molecule has 0 aromatic heterocycles. The quantitative estimate of drug-likeness (QED) is 0.312. The van der Waals surface area contributed by atoms with Crippen LogP contribution in [-0.2, 0) is 17.7 Å². The Morgan fingerprint density at radius 1 is 0.583 bits per heavy atom. The van der Waals surface area contributed by atoms with Gasteiger partial charge in [-0.05, 0) is 77.2 Å².